The van der Waals surface area contributed by atoms with E-state index in [4.69, 9.17) is 16.1 Å². The quantitative estimate of drug-likeness (QED) is 0.813. The highest BCUT2D eigenvalue weighted by Crippen LogP contribution is 2.24. The Labute approximate surface area is 101 Å². The van der Waals surface area contributed by atoms with Crippen LogP contribution in [0.15, 0.2) is 28.8 Å². The van der Waals surface area contributed by atoms with Crippen LogP contribution in [0.4, 0.5) is 0 Å². The summed E-state index contributed by atoms with van der Waals surface area (Å²) >= 11 is 9.33. The van der Waals surface area contributed by atoms with E-state index < -0.39 is 0 Å². The first-order valence-electron chi connectivity index (χ1n) is 4.44. The lowest BCUT2D eigenvalue weighted by Crippen LogP contribution is -1.86. The van der Waals surface area contributed by atoms with Crippen molar-refractivity contribution >= 4 is 27.5 Å². The average molecular weight is 288 g/mol. The lowest BCUT2D eigenvalue weighted by molar-refractivity contribution is 0.383. The van der Waals surface area contributed by atoms with Gasteiger partial charge in [-0.05, 0) is 12.1 Å². The number of rotatable bonds is 3. The molecule has 0 aliphatic carbocycles. The number of aryl methyl sites for hydroxylation is 1. The van der Waals surface area contributed by atoms with Gasteiger partial charge in [-0.25, -0.2) is 0 Å². The van der Waals surface area contributed by atoms with E-state index in [9.17, 15) is 0 Å². The molecule has 0 amide bonds. The normalized spacial score (nSPS) is 10.5. The molecule has 0 aliphatic heterocycles. The van der Waals surface area contributed by atoms with Gasteiger partial charge in [0, 0.05) is 17.3 Å². The summed E-state index contributed by atoms with van der Waals surface area (Å²) < 4.78 is 5.06. The number of aromatic nitrogens is 2. The predicted molar refractivity (Wildman–Crippen MR) is 62.2 cm³/mol. The van der Waals surface area contributed by atoms with Crippen molar-refractivity contribution in [2.75, 3.05) is 5.33 Å². The molecule has 0 N–H and O–H groups in total. The fraction of sp³-hybridized carbons (Fsp3) is 0.200. The Bertz CT molecular complexity index is 458. The molecule has 0 fully saturated rings. The molecule has 1 aromatic heterocycles. The van der Waals surface area contributed by atoms with Crippen molar-refractivity contribution in [1.82, 2.24) is 10.1 Å². The van der Waals surface area contributed by atoms with Gasteiger partial charge >= 0.3 is 0 Å². The van der Waals surface area contributed by atoms with Crippen molar-refractivity contribution in [3.05, 3.63) is 35.2 Å². The molecule has 3 nitrogen and oxygen atoms in total. The molecule has 0 saturated carbocycles. The molecule has 1 heterocycles. The van der Waals surface area contributed by atoms with Crippen molar-refractivity contribution in [2.24, 2.45) is 0 Å². The van der Waals surface area contributed by atoms with E-state index in [2.05, 4.69) is 26.1 Å². The monoisotopic (exact) mass is 286 g/mol. The number of halogens is 2. The number of benzene rings is 1. The molecule has 0 radical (unpaired) electrons. The molecule has 0 bridgehead atoms. The van der Waals surface area contributed by atoms with E-state index in [0.29, 0.717) is 16.7 Å². The van der Waals surface area contributed by atoms with Crippen LogP contribution in [0.3, 0.4) is 0 Å². The third-order valence-corrected chi connectivity index (χ3v) is 2.62. The molecule has 78 valence electrons. The SMILES string of the molecule is Clc1ccccc1-c1noc(CCBr)n1. The summed E-state index contributed by atoms with van der Waals surface area (Å²) in [5.74, 6) is 1.15. The minimum absolute atomic E-state index is 0.538. The first-order valence-corrected chi connectivity index (χ1v) is 5.94. The second kappa shape index (κ2) is 4.77. The van der Waals surface area contributed by atoms with Gasteiger partial charge in [0.1, 0.15) is 0 Å². The van der Waals surface area contributed by atoms with Crippen LogP contribution in [0.1, 0.15) is 5.89 Å². The Morgan fingerprint density at radius 2 is 2.13 bits per heavy atom. The van der Waals surface area contributed by atoms with Crippen LogP contribution >= 0.6 is 27.5 Å². The van der Waals surface area contributed by atoms with E-state index in [1.807, 2.05) is 18.2 Å². The summed E-state index contributed by atoms with van der Waals surface area (Å²) in [6, 6.07) is 7.43. The lowest BCUT2D eigenvalue weighted by Gasteiger charge is -1.95. The van der Waals surface area contributed by atoms with Crippen LogP contribution in [0, 0.1) is 0 Å². The summed E-state index contributed by atoms with van der Waals surface area (Å²) in [5.41, 5.74) is 0.795. The van der Waals surface area contributed by atoms with Gasteiger partial charge < -0.3 is 4.52 Å². The van der Waals surface area contributed by atoms with Crippen molar-refractivity contribution in [3.63, 3.8) is 0 Å². The first-order chi connectivity index (χ1) is 7.31. The van der Waals surface area contributed by atoms with E-state index in [1.54, 1.807) is 6.07 Å². The molecule has 1 aromatic carbocycles. The van der Waals surface area contributed by atoms with Gasteiger partial charge in [0.25, 0.3) is 0 Å². The molecule has 5 heteroatoms. The number of alkyl halides is 1. The first kappa shape index (κ1) is 10.6. The van der Waals surface area contributed by atoms with Crippen molar-refractivity contribution in [1.29, 1.82) is 0 Å². The van der Waals surface area contributed by atoms with Gasteiger partial charge in [-0.15, -0.1) is 0 Å². The molecule has 0 unspecified atom stereocenters. The molecule has 0 atom stereocenters. The van der Waals surface area contributed by atoms with E-state index in [-0.39, 0.29) is 0 Å². The van der Waals surface area contributed by atoms with Crippen LogP contribution in [0.5, 0.6) is 0 Å². The number of hydrogen-bond donors (Lipinski definition) is 0. The average Bonchev–Trinajstić information content (AvgIpc) is 2.68. The zero-order valence-corrected chi connectivity index (χ0v) is 10.1. The zero-order chi connectivity index (χ0) is 10.7. The van der Waals surface area contributed by atoms with Gasteiger partial charge in [0.2, 0.25) is 11.7 Å². The molecular formula is C10H8BrClN2O. The second-order valence-corrected chi connectivity index (χ2v) is 4.13. The third-order valence-electron chi connectivity index (χ3n) is 1.89. The van der Waals surface area contributed by atoms with Crippen LogP contribution in [-0.2, 0) is 6.42 Å². The number of nitrogens with zero attached hydrogens (tertiary/aromatic N) is 2. The largest absolute Gasteiger partial charge is 0.339 e. The smallest absolute Gasteiger partial charge is 0.227 e. The molecule has 2 rings (SSSR count). The van der Waals surface area contributed by atoms with E-state index >= 15 is 0 Å². The van der Waals surface area contributed by atoms with Gasteiger partial charge in [0.05, 0.1) is 5.02 Å². The van der Waals surface area contributed by atoms with Crippen LogP contribution in [0.25, 0.3) is 11.4 Å². The molecular weight excluding hydrogens is 279 g/mol. The van der Waals surface area contributed by atoms with E-state index in [0.717, 1.165) is 17.3 Å². The minimum atomic E-state index is 0.538. The van der Waals surface area contributed by atoms with Gasteiger partial charge in [-0.3, -0.25) is 0 Å². The molecule has 0 aliphatic rings. The van der Waals surface area contributed by atoms with Crippen molar-refractivity contribution in [2.45, 2.75) is 6.42 Å². The lowest BCUT2D eigenvalue weighted by atomic mass is 10.2. The van der Waals surface area contributed by atoms with Crippen molar-refractivity contribution in [3.8, 4) is 11.4 Å². The highest BCUT2D eigenvalue weighted by Gasteiger charge is 2.10. The number of hydrogen-bond acceptors (Lipinski definition) is 3. The molecule has 0 spiro atoms. The van der Waals surface area contributed by atoms with E-state index in [1.165, 1.54) is 0 Å². The zero-order valence-electron chi connectivity index (χ0n) is 7.78. The summed E-state index contributed by atoms with van der Waals surface area (Å²) in [5, 5.41) is 5.31. The van der Waals surface area contributed by atoms with Crippen LogP contribution in [0.2, 0.25) is 5.02 Å². The van der Waals surface area contributed by atoms with Gasteiger partial charge in [-0.2, -0.15) is 4.98 Å². The summed E-state index contributed by atoms with van der Waals surface area (Å²) in [6.45, 7) is 0. The molecule has 2 aromatic rings. The van der Waals surface area contributed by atoms with Crippen molar-refractivity contribution < 1.29 is 4.52 Å². The Hall–Kier alpha value is -0.870. The summed E-state index contributed by atoms with van der Waals surface area (Å²) in [6.07, 6.45) is 0.720. The predicted octanol–water partition coefficient (Wildman–Crippen LogP) is 3.33. The maximum atomic E-state index is 6.01. The maximum absolute atomic E-state index is 6.01. The Morgan fingerprint density at radius 1 is 1.33 bits per heavy atom. The minimum Gasteiger partial charge on any atom is -0.339 e. The Morgan fingerprint density at radius 3 is 2.87 bits per heavy atom. The Balaban J connectivity index is 2.33. The fourth-order valence-electron chi connectivity index (χ4n) is 1.19. The Kier molecular flexibility index (Phi) is 3.38. The van der Waals surface area contributed by atoms with Crippen LogP contribution in [-0.4, -0.2) is 15.5 Å². The molecule has 15 heavy (non-hydrogen) atoms. The third kappa shape index (κ3) is 2.38. The highest BCUT2D eigenvalue weighted by molar-refractivity contribution is 9.09. The molecule has 0 saturated heterocycles. The summed E-state index contributed by atoms with van der Waals surface area (Å²) in [7, 11) is 0. The summed E-state index contributed by atoms with van der Waals surface area (Å²) in [4.78, 5) is 4.24. The standard InChI is InChI=1S/C10H8BrClN2O/c11-6-5-9-13-10(14-15-9)7-3-1-2-4-8(7)12/h1-4H,5-6H2. The van der Waals surface area contributed by atoms with Gasteiger partial charge in [-0.1, -0.05) is 44.8 Å². The maximum Gasteiger partial charge on any atom is 0.227 e. The fourth-order valence-corrected chi connectivity index (χ4v) is 1.75. The van der Waals surface area contributed by atoms with Crippen LogP contribution < -0.4 is 0 Å². The second-order valence-electron chi connectivity index (χ2n) is 2.93. The van der Waals surface area contributed by atoms with Gasteiger partial charge in [0.15, 0.2) is 0 Å². The highest BCUT2D eigenvalue weighted by atomic mass is 79.9. The topological polar surface area (TPSA) is 38.9 Å².